The van der Waals surface area contributed by atoms with E-state index in [1.807, 2.05) is 47.0 Å². The number of Topliss-reactive ketones (excluding diaryl/α,β-unsaturated/α-hetero) is 1. The van der Waals surface area contributed by atoms with Gasteiger partial charge >= 0.3 is 0 Å². The quantitative estimate of drug-likeness (QED) is 0.246. The average Bonchev–Trinajstić information content (AvgIpc) is 2.98. The first-order chi connectivity index (χ1) is 20.7. The van der Waals surface area contributed by atoms with E-state index in [1.165, 1.54) is 16.7 Å². The third-order valence-electron chi connectivity index (χ3n) is 8.79. The van der Waals surface area contributed by atoms with E-state index in [9.17, 15) is 10.1 Å². The van der Waals surface area contributed by atoms with E-state index < -0.39 is 5.92 Å². The average molecular weight is 584 g/mol. The number of ketones is 1. The Morgan fingerprint density at radius 3 is 2.42 bits per heavy atom. The summed E-state index contributed by atoms with van der Waals surface area (Å²) in [4.78, 5) is 16.2. The molecule has 0 saturated carbocycles. The summed E-state index contributed by atoms with van der Waals surface area (Å²) in [5, 5.41) is 12.8. The molecule has 2 aliphatic rings. The molecular weight excluding hydrogens is 547 g/mol. The highest BCUT2D eigenvalue weighted by atomic mass is 32.2. The number of carbonyl (C=O) groups excluding carboxylic acids is 1. The Morgan fingerprint density at radius 1 is 0.930 bits per heavy atom. The highest BCUT2D eigenvalue weighted by Crippen LogP contribution is 2.51. The number of nitrogens with two attached hydrogens (primary N) is 1. The predicted octanol–water partition coefficient (Wildman–Crippen LogP) is 8.83. The topological polar surface area (TPSA) is 70.1 Å². The molecule has 0 spiro atoms. The number of rotatable bonds is 6. The molecule has 5 heteroatoms. The Kier molecular flexibility index (Phi) is 7.66. The first-order valence-electron chi connectivity index (χ1n) is 14.8. The van der Waals surface area contributed by atoms with Crippen molar-refractivity contribution in [3.63, 3.8) is 0 Å². The van der Waals surface area contributed by atoms with E-state index in [-0.39, 0.29) is 11.2 Å². The van der Waals surface area contributed by atoms with Crippen LogP contribution in [0.4, 0.5) is 5.69 Å². The van der Waals surface area contributed by atoms with Gasteiger partial charge in [0.1, 0.15) is 5.82 Å². The van der Waals surface area contributed by atoms with E-state index >= 15 is 0 Å². The molecule has 6 rings (SSSR count). The van der Waals surface area contributed by atoms with Crippen LogP contribution in [-0.2, 0) is 16.3 Å². The van der Waals surface area contributed by atoms with Crippen molar-refractivity contribution in [2.24, 2.45) is 11.1 Å². The van der Waals surface area contributed by atoms with Crippen LogP contribution in [0.3, 0.4) is 0 Å². The lowest BCUT2D eigenvalue weighted by Gasteiger charge is -2.44. The van der Waals surface area contributed by atoms with Crippen LogP contribution in [0, 0.1) is 30.6 Å². The number of carbonyl (C=O) groups is 1. The lowest BCUT2D eigenvalue weighted by Crippen LogP contribution is -2.42. The number of anilines is 1. The number of fused-ring (bicyclic) bond motifs is 1. The Balaban J connectivity index is 1.50. The maximum Gasteiger partial charge on any atom is 0.162 e. The van der Waals surface area contributed by atoms with E-state index in [2.05, 4.69) is 88.4 Å². The molecule has 0 amide bonds. The summed E-state index contributed by atoms with van der Waals surface area (Å²) >= 11 is 1.87. The van der Waals surface area contributed by atoms with Gasteiger partial charge in [0.25, 0.3) is 0 Å². The second-order valence-corrected chi connectivity index (χ2v) is 13.6. The molecule has 4 aromatic carbocycles. The number of nitriles is 1. The van der Waals surface area contributed by atoms with Crippen molar-refractivity contribution in [2.75, 3.05) is 4.90 Å². The van der Waals surface area contributed by atoms with Crippen LogP contribution in [0.1, 0.15) is 60.4 Å². The number of thioether (sulfide) groups is 1. The minimum absolute atomic E-state index is 0.0988. The maximum absolute atomic E-state index is 14.2. The monoisotopic (exact) mass is 583 g/mol. The van der Waals surface area contributed by atoms with Crippen LogP contribution in [0.5, 0.6) is 0 Å². The van der Waals surface area contributed by atoms with Crippen molar-refractivity contribution < 1.29 is 4.79 Å². The first-order valence-corrected chi connectivity index (χ1v) is 16.0. The van der Waals surface area contributed by atoms with Crippen LogP contribution in [0.15, 0.2) is 108 Å². The molecule has 1 atom stereocenters. The maximum atomic E-state index is 14.2. The van der Waals surface area contributed by atoms with Crippen molar-refractivity contribution in [3.8, 4) is 6.07 Å². The summed E-state index contributed by atoms with van der Waals surface area (Å²) in [6.07, 6.45) is 1.13. The van der Waals surface area contributed by atoms with Crippen LogP contribution >= 0.6 is 11.8 Å². The standard InChI is InChI=1S/C38H37N3OS/c1-24-17-25(2)30(18-28(24)23-43-22-26-11-6-5-7-12-26)35-31(21-39)37(40)41(33-19-38(3,4)20-34(42)36(33)35)32-16-10-14-27-13-8-9-15-29(27)32/h5-18,35H,19-20,22-23,40H2,1-4H3. The van der Waals surface area contributed by atoms with Gasteiger partial charge in [-0.15, -0.1) is 0 Å². The van der Waals surface area contributed by atoms with Crippen molar-refractivity contribution in [1.82, 2.24) is 0 Å². The molecule has 4 aromatic rings. The third-order valence-corrected chi connectivity index (χ3v) is 9.85. The van der Waals surface area contributed by atoms with Gasteiger partial charge in [-0.3, -0.25) is 9.69 Å². The van der Waals surface area contributed by atoms with Crippen molar-refractivity contribution in [3.05, 3.63) is 135 Å². The number of benzene rings is 4. The van der Waals surface area contributed by atoms with Gasteiger partial charge in [-0.25, -0.2) is 0 Å². The first kappa shape index (κ1) is 28.8. The fourth-order valence-corrected chi connectivity index (χ4v) is 7.80. The Hall–Kier alpha value is -4.27. The summed E-state index contributed by atoms with van der Waals surface area (Å²) in [6, 6.07) is 31.7. The highest BCUT2D eigenvalue weighted by molar-refractivity contribution is 7.97. The minimum atomic E-state index is -0.492. The predicted molar refractivity (Wildman–Crippen MR) is 178 cm³/mol. The molecule has 216 valence electrons. The molecule has 2 N–H and O–H groups in total. The van der Waals surface area contributed by atoms with E-state index in [0.717, 1.165) is 44.8 Å². The van der Waals surface area contributed by atoms with Gasteiger partial charge in [-0.2, -0.15) is 17.0 Å². The largest absolute Gasteiger partial charge is 0.384 e. The van der Waals surface area contributed by atoms with E-state index in [1.54, 1.807) is 0 Å². The highest BCUT2D eigenvalue weighted by Gasteiger charge is 2.45. The zero-order valence-corrected chi connectivity index (χ0v) is 26.1. The van der Waals surface area contributed by atoms with Crippen molar-refractivity contribution in [2.45, 2.75) is 58.0 Å². The SMILES string of the molecule is Cc1cc(C)c(C2C(C#N)=C(N)N(c3cccc4ccccc34)C3=C2C(=O)CC(C)(C)C3)cc1CSCc1ccccc1. The number of nitrogens with zero attached hydrogens (tertiary/aromatic N) is 2. The molecule has 0 fully saturated rings. The Bertz CT molecular complexity index is 1840. The van der Waals surface area contributed by atoms with Gasteiger partial charge in [0, 0.05) is 34.6 Å². The molecule has 43 heavy (non-hydrogen) atoms. The van der Waals surface area contributed by atoms with Gasteiger partial charge in [-0.05, 0) is 65.0 Å². The lowest BCUT2D eigenvalue weighted by atomic mass is 9.68. The molecule has 0 radical (unpaired) electrons. The molecule has 1 aliphatic carbocycles. The zero-order chi connectivity index (χ0) is 30.3. The number of hydrogen-bond donors (Lipinski definition) is 1. The van der Waals surface area contributed by atoms with Crippen molar-refractivity contribution >= 4 is 34.0 Å². The summed E-state index contributed by atoms with van der Waals surface area (Å²) in [5.41, 5.74) is 15.6. The zero-order valence-electron chi connectivity index (χ0n) is 25.3. The molecule has 4 nitrogen and oxygen atoms in total. The Morgan fingerprint density at radius 2 is 1.65 bits per heavy atom. The van der Waals surface area contributed by atoms with Crippen LogP contribution in [0.25, 0.3) is 10.8 Å². The van der Waals surface area contributed by atoms with Crippen LogP contribution in [-0.4, -0.2) is 5.78 Å². The lowest BCUT2D eigenvalue weighted by molar-refractivity contribution is -0.118. The summed E-state index contributed by atoms with van der Waals surface area (Å²) < 4.78 is 0. The third kappa shape index (κ3) is 5.37. The fourth-order valence-electron chi connectivity index (χ4n) is 6.73. The molecule has 0 bridgehead atoms. The summed E-state index contributed by atoms with van der Waals surface area (Å²) in [6.45, 7) is 8.52. The second kappa shape index (κ2) is 11.4. The number of hydrogen-bond acceptors (Lipinski definition) is 5. The number of allylic oxidation sites excluding steroid dienone is 3. The van der Waals surface area contributed by atoms with Gasteiger partial charge in [-0.1, -0.05) is 92.7 Å². The van der Waals surface area contributed by atoms with Gasteiger partial charge in [0.2, 0.25) is 0 Å². The molecule has 0 saturated heterocycles. The van der Waals surface area contributed by atoms with E-state index in [0.29, 0.717) is 29.8 Å². The molecule has 1 aliphatic heterocycles. The van der Waals surface area contributed by atoms with E-state index in [4.69, 9.17) is 5.73 Å². The van der Waals surface area contributed by atoms with Crippen LogP contribution < -0.4 is 10.6 Å². The fraction of sp³-hybridized carbons (Fsp3) is 0.263. The van der Waals surface area contributed by atoms with Crippen molar-refractivity contribution in [1.29, 1.82) is 5.26 Å². The molecular formula is C38H37N3OS. The van der Waals surface area contributed by atoms with Gasteiger partial charge < -0.3 is 5.73 Å². The Labute approximate surface area is 258 Å². The van der Waals surface area contributed by atoms with Gasteiger partial charge in [0.15, 0.2) is 5.78 Å². The molecule has 1 unspecified atom stereocenters. The van der Waals surface area contributed by atoms with Gasteiger partial charge in [0.05, 0.1) is 23.2 Å². The van der Waals surface area contributed by atoms with Crippen LogP contribution in [0.2, 0.25) is 0 Å². The minimum Gasteiger partial charge on any atom is -0.384 e. The summed E-state index contributed by atoms with van der Waals surface area (Å²) in [5.74, 6) is 1.78. The summed E-state index contributed by atoms with van der Waals surface area (Å²) in [7, 11) is 0. The molecule has 1 heterocycles. The normalized spacial score (nSPS) is 18.2. The number of aryl methyl sites for hydroxylation is 2. The molecule has 0 aromatic heterocycles. The smallest absolute Gasteiger partial charge is 0.162 e. The second-order valence-electron chi connectivity index (χ2n) is 12.6.